The van der Waals surface area contributed by atoms with Crippen LogP contribution in [0.25, 0.3) is 11.0 Å². The zero-order valence-corrected chi connectivity index (χ0v) is 19.9. The molecule has 1 N–H and O–H groups in total. The van der Waals surface area contributed by atoms with Crippen molar-refractivity contribution in [2.75, 3.05) is 4.90 Å². The second kappa shape index (κ2) is 10.5. The molecule has 0 bridgehead atoms. The predicted molar refractivity (Wildman–Crippen MR) is 136 cm³/mol. The quantitative estimate of drug-likeness (QED) is 0.332. The van der Waals surface area contributed by atoms with Crippen LogP contribution in [0.4, 0.5) is 5.69 Å². The molecular weight excluding hydrogens is 478 g/mol. The number of carbonyl (C=O) groups excluding carboxylic acids is 2. The molecule has 0 fully saturated rings. The molecule has 8 nitrogen and oxygen atoms in total. The average Bonchev–Trinajstić information content (AvgIpc) is 3.57. The van der Waals surface area contributed by atoms with Gasteiger partial charge in [0, 0.05) is 10.7 Å². The van der Waals surface area contributed by atoms with Crippen LogP contribution < -0.4 is 10.2 Å². The Morgan fingerprint density at radius 2 is 1.69 bits per heavy atom. The van der Waals surface area contributed by atoms with Crippen LogP contribution >= 0.6 is 11.6 Å². The third-order valence-electron chi connectivity index (χ3n) is 5.72. The Hall–Kier alpha value is -4.43. The number of fused-ring (bicyclic) bond motifs is 1. The molecule has 0 aliphatic rings. The van der Waals surface area contributed by atoms with Crippen LogP contribution in [0.1, 0.15) is 17.4 Å². The van der Waals surface area contributed by atoms with E-state index in [1.54, 1.807) is 42.7 Å². The zero-order chi connectivity index (χ0) is 24.9. The number of aromatic nitrogens is 3. The Kier molecular flexibility index (Phi) is 6.77. The summed E-state index contributed by atoms with van der Waals surface area (Å²) in [6.45, 7) is 0.0729. The highest BCUT2D eigenvalue weighted by molar-refractivity contribution is 6.30. The predicted octanol–water partition coefficient (Wildman–Crippen LogP) is 4.77. The van der Waals surface area contributed by atoms with E-state index in [4.69, 9.17) is 16.0 Å². The Morgan fingerprint density at radius 3 is 2.44 bits per heavy atom. The molecule has 0 saturated heterocycles. The number of halogens is 1. The van der Waals surface area contributed by atoms with Crippen molar-refractivity contribution in [3.8, 4) is 0 Å². The van der Waals surface area contributed by atoms with E-state index in [0.29, 0.717) is 27.6 Å². The van der Waals surface area contributed by atoms with Crippen molar-refractivity contribution in [1.82, 2.24) is 20.3 Å². The summed E-state index contributed by atoms with van der Waals surface area (Å²) in [4.78, 5) is 29.0. The molecule has 0 spiro atoms. The summed E-state index contributed by atoms with van der Waals surface area (Å²) in [6, 6.07) is 25.9. The van der Waals surface area contributed by atoms with Crippen molar-refractivity contribution < 1.29 is 14.0 Å². The molecule has 0 aliphatic heterocycles. The number of anilines is 1. The first-order valence-corrected chi connectivity index (χ1v) is 11.7. The standard InChI is InChI=1S/C27H22ClN5O3/c28-20-12-14-21(15-13-20)33(25(34)18-32-24-11-5-4-10-23(24)30-31-32)26(19-7-2-1-3-8-19)27(35)29-17-22-9-6-16-36-22/h1-16,26H,17-18H2,(H,29,35). The van der Waals surface area contributed by atoms with E-state index in [1.807, 2.05) is 54.6 Å². The van der Waals surface area contributed by atoms with Gasteiger partial charge in [-0.1, -0.05) is 59.3 Å². The molecule has 9 heteroatoms. The molecule has 0 saturated carbocycles. The van der Waals surface area contributed by atoms with Crippen molar-refractivity contribution in [2.45, 2.75) is 19.1 Å². The van der Waals surface area contributed by atoms with Crippen molar-refractivity contribution in [2.24, 2.45) is 0 Å². The number of furan rings is 1. The Bertz CT molecular complexity index is 1470. The minimum Gasteiger partial charge on any atom is -0.467 e. The second-order valence-electron chi connectivity index (χ2n) is 8.09. The number of amides is 2. The highest BCUT2D eigenvalue weighted by Crippen LogP contribution is 2.30. The van der Waals surface area contributed by atoms with Gasteiger partial charge in [-0.25, -0.2) is 4.68 Å². The summed E-state index contributed by atoms with van der Waals surface area (Å²) >= 11 is 6.13. The van der Waals surface area contributed by atoms with Crippen LogP contribution in [0.15, 0.2) is 102 Å². The number of carbonyl (C=O) groups is 2. The van der Waals surface area contributed by atoms with E-state index in [1.165, 1.54) is 9.58 Å². The molecule has 2 aromatic heterocycles. The maximum atomic E-state index is 13.9. The summed E-state index contributed by atoms with van der Waals surface area (Å²) in [6.07, 6.45) is 1.54. The first-order chi connectivity index (χ1) is 17.6. The van der Waals surface area contributed by atoms with Crippen LogP contribution in [0.2, 0.25) is 5.02 Å². The third-order valence-corrected chi connectivity index (χ3v) is 5.97. The summed E-state index contributed by atoms with van der Waals surface area (Å²) in [7, 11) is 0. The minimum atomic E-state index is -0.954. The Labute approximate surface area is 212 Å². The molecule has 180 valence electrons. The Balaban J connectivity index is 1.54. The summed E-state index contributed by atoms with van der Waals surface area (Å²) < 4.78 is 6.89. The Morgan fingerprint density at radius 1 is 0.944 bits per heavy atom. The van der Waals surface area contributed by atoms with Gasteiger partial charge in [0.25, 0.3) is 0 Å². The lowest BCUT2D eigenvalue weighted by Crippen LogP contribution is -2.45. The first-order valence-electron chi connectivity index (χ1n) is 11.3. The van der Waals surface area contributed by atoms with Gasteiger partial charge < -0.3 is 9.73 Å². The van der Waals surface area contributed by atoms with E-state index < -0.39 is 6.04 Å². The highest BCUT2D eigenvalue weighted by atomic mass is 35.5. The normalized spacial score (nSPS) is 11.8. The topological polar surface area (TPSA) is 93.3 Å². The maximum absolute atomic E-state index is 13.9. The summed E-state index contributed by atoms with van der Waals surface area (Å²) in [5.41, 5.74) is 2.58. The van der Waals surface area contributed by atoms with Gasteiger partial charge in [0.05, 0.1) is 18.3 Å². The lowest BCUT2D eigenvalue weighted by Gasteiger charge is -2.31. The molecule has 36 heavy (non-hydrogen) atoms. The van der Waals surface area contributed by atoms with E-state index in [2.05, 4.69) is 15.6 Å². The second-order valence-corrected chi connectivity index (χ2v) is 8.52. The lowest BCUT2D eigenvalue weighted by molar-refractivity contribution is -0.127. The summed E-state index contributed by atoms with van der Waals surface area (Å²) in [5.74, 6) is -0.0899. The smallest absolute Gasteiger partial charge is 0.249 e. The molecule has 1 atom stereocenters. The van der Waals surface area contributed by atoms with Crippen LogP contribution in [-0.4, -0.2) is 26.8 Å². The van der Waals surface area contributed by atoms with Crippen LogP contribution in [0.3, 0.4) is 0 Å². The van der Waals surface area contributed by atoms with Crippen molar-refractivity contribution in [1.29, 1.82) is 0 Å². The molecular formula is C27H22ClN5O3. The molecule has 3 aromatic carbocycles. The van der Waals surface area contributed by atoms with Gasteiger partial charge in [-0.15, -0.1) is 5.10 Å². The number of hydrogen-bond donors (Lipinski definition) is 1. The number of hydrogen-bond acceptors (Lipinski definition) is 5. The number of nitrogens with zero attached hydrogens (tertiary/aromatic N) is 4. The van der Waals surface area contributed by atoms with Crippen molar-refractivity contribution in [3.05, 3.63) is 114 Å². The van der Waals surface area contributed by atoms with E-state index in [-0.39, 0.29) is 24.9 Å². The maximum Gasteiger partial charge on any atom is 0.249 e. The van der Waals surface area contributed by atoms with Gasteiger partial charge in [0.15, 0.2) is 0 Å². The average molecular weight is 500 g/mol. The fourth-order valence-electron chi connectivity index (χ4n) is 4.01. The van der Waals surface area contributed by atoms with Gasteiger partial charge in [-0.2, -0.15) is 0 Å². The molecule has 5 rings (SSSR count). The largest absolute Gasteiger partial charge is 0.467 e. The fourth-order valence-corrected chi connectivity index (χ4v) is 4.14. The number of benzene rings is 3. The summed E-state index contributed by atoms with van der Waals surface area (Å²) in [5, 5.41) is 11.7. The van der Waals surface area contributed by atoms with Crippen LogP contribution in [-0.2, 0) is 22.7 Å². The van der Waals surface area contributed by atoms with E-state index in [9.17, 15) is 9.59 Å². The van der Waals surface area contributed by atoms with Crippen molar-refractivity contribution in [3.63, 3.8) is 0 Å². The highest BCUT2D eigenvalue weighted by Gasteiger charge is 2.33. The lowest BCUT2D eigenvalue weighted by atomic mass is 10.0. The van der Waals surface area contributed by atoms with Gasteiger partial charge in [0.2, 0.25) is 11.8 Å². The van der Waals surface area contributed by atoms with E-state index in [0.717, 1.165) is 5.52 Å². The fraction of sp³-hybridized carbons (Fsp3) is 0.111. The molecule has 2 amide bonds. The van der Waals surface area contributed by atoms with Gasteiger partial charge in [0.1, 0.15) is 23.9 Å². The molecule has 1 unspecified atom stereocenters. The molecule has 0 aliphatic carbocycles. The minimum absolute atomic E-state index is 0.113. The van der Waals surface area contributed by atoms with Crippen LogP contribution in [0, 0.1) is 0 Å². The van der Waals surface area contributed by atoms with Gasteiger partial charge in [-0.3, -0.25) is 14.5 Å². The number of nitrogens with one attached hydrogen (secondary N) is 1. The molecule has 0 radical (unpaired) electrons. The molecule has 5 aromatic rings. The number of rotatable bonds is 8. The van der Waals surface area contributed by atoms with Gasteiger partial charge >= 0.3 is 0 Å². The van der Waals surface area contributed by atoms with E-state index >= 15 is 0 Å². The SMILES string of the molecule is O=C(NCc1ccco1)C(c1ccccc1)N(C(=O)Cn1nnc2ccccc21)c1ccc(Cl)cc1. The van der Waals surface area contributed by atoms with Crippen molar-refractivity contribution >= 4 is 40.1 Å². The zero-order valence-electron chi connectivity index (χ0n) is 19.1. The third kappa shape index (κ3) is 4.99. The molecule has 2 heterocycles. The van der Waals surface area contributed by atoms with Crippen LogP contribution in [0.5, 0.6) is 0 Å². The monoisotopic (exact) mass is 499 g/mol. The van der Waals surface area contributed by atoms with Gasteiger partial charge in [-0.05, 0) is 54.1 Å². The first kappa shape index (κ1) is 23.3. The number of para-hydroxylation sites is 1.